The predicted octanol–water partition coefficient (Wildman–Crippen LogP) is 2.54. The van der Waals surface area contributed by atoms with Crippen LogP contribution in [-0.4, -0.2) is 14.4 Å². The molecule has 0 aliphatic heterocycles. The Morgan fingerprint density at radius 2 is 2.17 bits per heavy atom. The van der Waals surface area contributed by atoms with Gasteiger partial charge < -0.3 is 5.73 Å². The fourth-order valence-corrected chi connectivity index (χ4v) is 2.19. The van der Waals surface area contributed by atoms with Crippen LogP contribution in [-0.2, 0) is 6.42 Å². The molecule has 0 aliphatic carbocycles. The molecule has 2 heterocycles. The first kappa shape index (κ1) is 10.8. The molecule has 3 rings (SSSR count). The van der Waals surface area contributed by atoms with E-state index in [-0.39, 0.29) is 0 Å². The van der Waals surface area contributed by atoms with Crippen molar-refractivity contribution in [3.05, 3.63) is 48.4 Å². The number of aryl methyl sites for hydroxylation is 1. The summed E-state index contributed by atoms with van der Waals surface area (Å²) in [7, 11) is 0. The zero-order chi connectivity index (χ0) is 12.5. The summed E-state index contributed by atoms with van der Waals surface area (Å²) in [6, 6.07) is 9.71. The van der Waals surface area contributed by atoms with Crippen molar-refractivity contribution in [1.82, 2.24) is 14.4 Å². The SMILES string of the molecule is CCc1c(-c2cccc(N)c2)nc2ncccn12. The Balaban J connectivity index is 2.28. The van der Waals surface area contributed by atoms with Gasteiger partial charge in [0, 0.05) is 23.6 Å². The summed E-state index contributed by atoms with van der Waals surface area (Å²) in [5.74, 6) is 0.728. The summed E-state index contributed by atoms with van der Waals surface area (Å²) in [5.41, 5.74) is 9.74. The molecule has 0 fully saturated rings. The van der Waals surface area contributed by atoms with Gasteiger partial charge in [-0.05, 0) is 24.6 Å². The Hall–Kier alpha value is -2.36. The predicted molar refractivity (Wildman–Crippen MR) is 72.2 cm³/mol. The Kier molecular flexibility index (Phi) is 2.48. The summed E-state index contributed by atoms with van der Waals surface area (Å²) in [6.45, 7) is 2.12. The first-order valence-electron chi connectivity index (χ1n) is 5.97. The topological polar surface area (TPSA) is 56.2 Å². The largest absolute Gasteiger partial charge is 0.399 e. The van der Waals surface area contributed by atoms with Gasteiger partial charge in [-0.2, -0.15) is 0 Å². The standard InChI is InChI=1S/C14H14N4/c1-2-12-13(10-5-3-6-11(15)9-10)17-14-16-7-4-8-18(12)14/h3-9H,2,15H2,1H3. The van der Waals surface area contributed by atoms with Crippen molar-refractivity contribution in [1.29, 1.82) is 0 Å². The van der Waals surface area contributed by atoms with E-state index in [4.69, 9.17) is 5.73 Å². The van der Waals surface area contributed by atoms with Gasteiger partial charge in [0.15, 0.2) is 0 Å². The number of aromatic nitrogens is 3. The quantitative estimate of drug-likeness (QED) is 0.698. The van der Waals surface area contributed by atoms with Crippen LogP contribution in [0.4, 0.5) is 5.69 Å². The maximum atomic E-state index is 5.83. The normalized spacial score (nSPS) is 10.9. The molecule has 0 saturated carbocycles. The van der Waals surface area contributed by atoms with Crippen molar-refractivity contribution < 1.29 is 0 Å². The van der Waals surface area contributed by atoms with Crippen molar-refractivity contribution in [2.24, 2.45) is 0 Å². The molecule has 0 spiro atoms. The van der Waals surface area contributed by atoms with Crippen molar-refractivity contribution in [2.45, 2.75) is 13.3 Å². The van der Waals surface area contributed by atoms with E-state index in [1.807, 2.05) is 40.9 Å². The van der Waals surface area contributed by atoms with Gasteiger partial charge in [0.2, 0.25) is 5.78 Å². The zero-order valence-electron chi connectivity index (χ0n) is 10.2. The number of benzene rings is 1. The van der Waals surface area contributed by atoms with Crippen molar-refractivity contribution in [3.8, 4) is 11.3 Å². The van der Waals surface area contributed by atoms with E-state index in [0.717, 1.165) is 34.8 Å². The summed E-state index contributed by atoms with van der Waals surface area (Å²) < 4.78 is 2.03. The van der Waals surface area contributed by atoms with Crippen LogP contribution in [0.1, 0.15) is 12.6 Å². The molecule has 2 aromatic heterocycles. The highest BCUT2D eigenvalue weighted by atomic mass is 15.1. The molecule has 90 valence electrons. The molecule has 3 aromatic rings. The molecule has 1 aromatic carbocycles. The highest BCUT2D eigenvalue weighted by Crippen LogP contribution is 2.25. The van der Waals surface area contributed by atoms with Gasteiger partial charge >= 0.3 is 0 Å². The van der Waals surface area contributed by atoms with Crippen LogP contribution in [0.25, 0.3) is 17.0 Å². The third-order valence-electron chi connectivity index (χ3n) is 3.00. The summed E-state index contributed by atoms with van der Waals surface area (Å²) >= 11 is 0. The lowest BCUT2D eigenvalue weighted by molar-refractivity contribution is 0.979. The van der Waals surface area contributed by atoms with Gasteiger partial charge in [-0.25, -0.2) is 9.97 Å². The van der Waals surface area contributed by atoms with E-state index in [9.17, 15) is 0 Å². The molecular weight excluding hydrogens is 224 g/mol. The molecule has 4 nitrogen and oxygen atoms in total. The van der Waals surface area contributed by atoms with Crippen molar-refractivity contribution in [2.75, 3.05) is 5.73 Å². The molecule has 0 unspecified atom stereocenters. The number of imidazole rings is 1. The Morgan fingerprint density at radius 1 is 1.28 bits per heavy atom. The molecule has 2 N–H and O–H groups in total. The lowest BCUT2D eigenvalue weighted by Gasteiger charge is -2.02. The Morgan fingerprint density at radius 3 is 2.94 bits per heavy atom. The molecule has 0 saturated heterocycles. The molecule has 0 atom stereocenters. The number of hydrogen-bond acceptors (Lipinski definition) is 3. The second-order valence-corrected chi connectivity index (χ2v) is 4.18. The fraction of sp³-hybridized carbons (Fsp3) is 0.143. The number of nitrogens with two attached hydrogens (primary N) is 1. The maximum Gasteiger partial charge on any atom is 0.234 e. The average molecular weight is 238 g/mol. The van der Waals surface area contributed by atoms with Gasteiger partial charge in [-0.1, -0.05) is 19.1 Å². The van der Waals surface area contributed by atoms with Gasteiger partial charge in [0.25, 0.3) is 0 Å². The maximum absolute atomic E-state index is 5.83. The summed E-state index contributed by atoms with van der Waals surface area (Å²) in [4.78, 5) is 8.87. The first-order valence-corrected chi connectivity index (χ1v) is 5.97. The molecule has 18 heavy (non-hydrogen) atoms. The van der Waals surface area contributed by atoms with Crippen LogP contribution in [0.5, 0.6) is 0 Å². The second kappa shape index (κ2) is 4.14. The minimum atomic E-state index is 0.728. The second-order valence-electron chi connectivity index (χ2n) is 4.18. The van der Waals surface area contributed by atoms with Crippen molar-refractivity contribution >= 4 is 11.5 Å². The highest BCUT2D eigenvalue weighted by molar-refractivity contribution is 5.68. The lowest BCUT2D eigenvalue weighted by atomic mass is 10.1. The third-order valence-corrected chi connectivity index (χ3v) is 3.00. The van der Waals surface area contributed by atoms with Crippen LogP contribution >= 0.6 is 0 Å². The van der Waals surface area contributed by atoms with E-state index in [1.165, 1.54) is 0 Å². The molecular formula is C14H14N4. The van der Waals surface area contributed by atoms with E-state index in [0.29, 0.717) is 0 Å². The monoisotopic (exact) mass is 238 g/mol. The smallest absolute Gasteiger partial charge is 0.234 e. The number of nitrogen functional groups attached to an aromatic ring is 1. The van der Waals surface area contributed by atoms with Crippen LogP contribution < -0.4 is 5.73 Å². The Labute approximate surface area is 105 Å². The number of rotatable bonds is 2. The highest BCUT2D eigenvalue weighted by Gasteiger charge is 2.12. The van der Waals surface area contributed by atoms with Crippen molar-refractivity contribution in [3.63, 3.8) is 0 Å². The number of fused-ring (bicyclic) bond motifs is 1. The number of anilines is 1. The first-order chi connectivity index (χ1) is 8.79. The van der Waals surface area contributed by atoms with Gasteiger partial charge in [0.05, 0.1) is 11.4 Å². The van der Waals surface area contributed by atoms with Gasteiger partial charge in [-0.3, -0.25) is 4.40 Å². The van der Waals surface area contributed by atoms with E-state index >= 15 is 0 Å². The Bertz CT molecular complexity index is 700. The van der Waals surface area contributed by atoms with E-state index in [2.05, 4.69) is 16.9 Å². The third kappa shape index (κ3) is 1.62. The molecule has 0 amide bonds. The number of hydrogen-bond donors (Lipinski definition) is 1. The molecule has 0 bridgehead atoms. The van der Waals surface area contributed by atoms with Crippen LogP contribution in [0.15, 0.2) is 42.7 Å². The molecule has 0 radical (unpaired) electrons. The summed E-state index contributed by atoms with van der Waals surface area (Å²) in [5, 5.41) is 0. The van der Waals surface area contributed by atoms with Gasteiger partial charge in [-0.15, -0.1) is 0 Å². The van der Waals surface area contributed by atoms with Crippen LogP contribution in [0.3, 0.4) is 0 Å². The van der Waals surface area contributed by atoms with Crippen LogP contribution in [0.2, 0.25) is 0 Å². The van der Waals surface area contributed by atoms with E-state index in [1.54, 1.807) is 6.20 Å². The molecule has 4 heteroatoms. The lowest BCUT2D eigenvalue weighted by Crippen LogP contribution is -1.93. The molecule has 0 aliphatic rings. The average Bonchev–Trinajstić information content (AvgIpc) is 2.77. The minimum Gasteiger partial charge on any atom is -0.399 e. The van der Waals surface area contributed by atoms with Crippen LogP contribution in [0, 0.1) is 0 Å². The zero-order valence-corrected chi connectivity index (χ0v) is 10.2. The van der Waals surface area contributed by atoms with E-state index < -0.39 is 0 Å². The van der Waals surface area contributed by atoms with Gasteiger partial charge in [0.1, 0.15) is 0 Å². The minimum absolute atomic E-state index is 0.728. The number of nitrogens with zero attached hydrogens (tertiary/aromatic N) is 3. The fourth-order valence-electron chi connectivity index (χ4n) is 2.19. The summed E-state index contributed by atoms with van der Waals surface area (Å²) in [6.07, 6.45) is 4.64.